The van der Waals surface area contributed by atoms with Crippen molar-refractivity contribution < 1.29 is 14.4 Å². The van der Waals surface area contributed by atoms with Gasteiger partial charge >= 0.3 is 7.75 Å². The van der Waals surface area contributed by atoms with Crippen molar-refractivity contribution in [2.24, 2.45) is 10.5 Å². The van der Waals surface area contributed by atoms with E-state index in [-0.39, 0.29) is 0 Å². The van der Waals surface area contributed by atoms with Gasteiger partial charge in [-0.25, -0.2) is 10.1 Å². The van der Waals surface area contributed by atoms with Crippen LogP contribution in [0.5, 0.6) is 0 Å². The monoisotopic (exact) mass is 150 g/mol. The first-order chi connectivity index (χ1) is 4.00. The Balaban J connectivity index is 0.000000144. The van der Waals surface area contributed by atoms with Crippen LogP contribution in [0.1, 0.15) is 0 Å². The Labute approximate surface area is 52.1 Å². The molecule has 9 heavy (non-hydrogen) atoms. The van der Waals surface area contributed by atoms with E-state index >= 15 is 0 Å². The van der Waals surface area contributed by atoms with Crippen LogP contribution < -0.4 is 5.50 Å². The zero-order valence-electron chi connectivity index (χ0n) is 4.51. The molecule has 0 amide bonds. The summed E-state index contributed by atoms with van der Waals surface area (Å²) in [6, 6.07) is 0. The molecule has 0 saturated carbocycles. The van der Waals surface area contributed by atoms with Crippen molar-refractivity contribution in [1.29, 1.82) is 0 Å². The third-order valence-electron chi connectivity index (χ3n) is 0.344. The molecule has 1 aliphatic rings. The fourth-order valence-corrected chi connectivity index (χ4v) is 0.0861. The first-order valence-corrected chi connectivity index (χ1v) is 3.71. The number of allylic oxidation sites excluding steroid dienone is 1. The first-order valence-electron chi connectivity index (χ1n) is 2.02. The average Bonchev–Trinajstić information content (AvgIpc) is 1.12. The van der Waals surface area contributed by atoms with Crippen molar-refractivity contribution in [2.75, 3.05) is 0 Å². The predicted molar refractivity (Wildman–Crippen MR) is 33.9 cm³/mol. The zero-order chi connectivity index (χ0) is 7.33. The molecule has 6 heteroatoms. The molecule has 0 atom stereocenters. The number of nitrogens with two attached hydrogens (primary N) is 1. The Kier molecular flexibility index (Phi) is 3.34. The zero-order valence-corrected chi connectivity index (χ0v) is 5.40. The van der Waals surface area contributed by atoms with E-state index in [4.69, 9.17) is 14.4 Å². The van der Waals surface area contributed by atoms with Crippen molar-refractivity contribution in [3.8, 4) is 0 Å². The summed E-state index contributed by atoms with van der Waals surface area (Å²) < 4.78 is 9.10. The molecule has 0 unspecified atom stereocenters. The summed E-state index contributed by atoms with van der Waals surface area (Å²) in [5.41, 5.74) is 4.02. The lowest BCUT2D eigenvalue weighted by Crippen LogP contribution is -1.87. The van der Waals surface area contributed by atoms with E-state index in [0.29, 0.717) is 0 Å². The SMILES string of the molecule is C1=CN=C1.NP(=O)(O)O. The molecule has 0 aromatic rings. The van der Waals surface area contributed by atoms with Gasteiger partial charge in [-0.1, -0.05) is 0 Å². The van der Waals surface area contributed by atoms with Gasteiger partial charge in [0.25, 0.3) is 0 Å². The molecule has 0 spiro atoms. The van der Waals surface area contributed by atoms with Crippen LogP contribution >= 0.6 is 7.75 Å². The van der Waals surface area contributed by atoms with Crippen molar-refractivity contribution >= 4 is 14.0 Å². The lowest BCUT2D eigenvalue weighted by Gasteiger charge is -1.84. The number of hydrogen-bond acceptors (Lipinski definition) is 2. The molecule has 0 aromatic carbocycles. The summed E-state index contributed by atoms with van der Waals surface area (Å²) in [6.45, 7) is 0. The Morgan fingerprint density at radius 3 is 1.67 bits per heavy atom. The van der Waals surface area contributed by atoms with Crippen LogP contribution in [0.15, 0.2) is 17.3 Å². The molecule has 52 valence electrons. The minimum atomic E-state index is -4.14. The van der Waals surface area contributed by atoms with Gasteiger partial charge in [0.2, 0.25) is 0 Å². The van der Waals surface area contributed by atoms with E-state index in [1.807, 2.05) is 6.08 Å². The molecule has 0 radical (unpaired) electrons. The smallest absolute Gasteiger partial charge is 0.313 e. The van der Waals surface area contributed by atoms with Gasteiger partial charge in [0.05, 0.1) is 0 Å². The summed E-state index contributed by atoms with van der Waals surface area (Å²) in [5.74, 6) is 0. The molecule has 1 heterocycles. The minimum Gasteiger partial charge on any atom is -0.313 e. The molecular weight excluding hydrogens is 143 g/mol. The summed E-state index contributed by atoms with van der Waals surface area (Å²) in [6.07, 6.45) is 5.39. The van der Waals surface area contributed by atoms with Crippen LogP contribution in [0.25, 0.3) is 0 Å². The minimum absolute atomic E-state index is 1.75. The Bertz CT molecular complexity index is 144. The first kappa shape index (κ1) is 8.52. The lowest BCUT2D eigenvalue weighted by molar-refractivity contribution is 0.374. The largest absolute Gasteiger partial charge is 0.397 e. The van der Waals surface area contributed by atoms with Gasteiger partial charge in [-0.05, 0) is 6.08 Å². The molecule has 0 fully saturated rings. The highest BCUT2D eigenvalue weighted by molar-refractivity contribution is 7.49. The molecule has 0 bridgehead atoms. The maximum absolute atomic E-state index is 9.10. The van der Waals surface area contributed by atoms with Gasteiger partial charge in [-0.2, -0.15) is 0 Å². The quantitative estimate of drug-likeness (QED) is 0.410. The second kappa shape index (κ2) is 3.53. The van der Waals surface area contributed by atoms with E-state index in [1.165, 1.54) is 0 Å². The number of hydrogen-bond donors (Lipinski definition) is 3. The number of rotatable bonds is 0. The third kappa shape index (κ3) is 18.5. The van der Waals surface area contributed by atoms with Crippen molar-refractivity contribution in [3.05, 3.63) is 12.3 Å². The van der Waals surface area contributed by atoms with Gasteiger partial charge in [-0.15, -0.1) is 0 Å². The van der Waals surface area contributed by atoms with Gasteiger partial charge in [-0.3, -0.25) is 4.99 Å². The summed E-state index contributed by atoms with van der Waals surface area (Å²) in [5, 5.41) is 0. The second-order valence-electron chi connectivity index (χ2n) is 1.23. The lowest BCUT2D eigenvalue weighted by atomic mass is 10.6. The fraction of sp³-hybridized carbons (Fsp3) is 0. The molecule has 1 aliphatic heterocycles. The average molecular weight is 150 g/mol. The van der Waals surface area contributed by atoms with Crippen LogP contribution in [-0.4, -0.2) is 16.0 Å². The van der Waals surface area contributed by atoms with E-state index in [0.717, 1.165) is 0 Å². The normalized spacial score (nSPS) is 13.7. The van der Waals surface area contributed by atoms with Gasteiger partial charge in [0, 0.05) is 12.4 Å². The summed E-state index contributed by atoms with van der Waals surface area (Å²) in [7, 11) is -4.14. The highest BCUT2D eigenvalue weighted by atomic mass is 31.2. The maximum Gasteiger partial charge on any atom is 0.397 e. The van der Waals surface area contributed by atoms with Crippen LogP contribution in [0.4, 0.5) is 0 Å². The maximum atomic E-state index is 9.10. The van der Waals surface area contributed by atoms with E-state index in [9.17, 15) is 0 Å². The highest BCUT2D eigenvalue weighted by Crippen LogP contribution is 2.20. The van der Waals surface area contributed by atoms with Crippen molar-refractivity contribution in [3.63, 3.8) is 0 Å². The molecule has 4 N–H and O–H groups in total. The van der Waals surface area contributed by atoms with E-state index in [1.54, 1.807) is 12.4 Å². The highest BCUT2D eigenvalue weighted by Gasteiger charge is 1.96. The molecule has 0 aromatic heterocycles. The fourth-order valence-electron chi connectivity index (χ4n) is 0.0861. The molecular formula is C3H7N2O3P. The van der Waals surface area contributed by atoms with Crippen molar-refractivity contribution in [2.45, 2.75) is 0 Å². The van der Waals surface area contributed by atoms with Gasteiger partial charge in [0.1, 0.15) is 0 Å². The standard InChI is InChI=1S/C3H3N.H4NO3P/c1-2-4-3-1;1-5(2,3)4/h1-3H;(H4,1,2,3,4). The molecule has 0 saturated heterocycles. The molecule has 1 rings (SSSR count). The van der Waals surface area contributed by atoms with Gasteiger partial charge in [0.15, 0.2) is 0 Å². The number of aliphatic imine (C=N–C) groups is 1. The summed E-state index contributed by atoms with van der Waals surface area (Å²) >= 11 is 0. The topological polar surface area (TPSA) is 95.9 Å². The second-order valence-corrected chi connectivity index (χ2v) is 2.41. The van der Waals surface area contributed by atoms with E-state index < -0.39 is 7.75 Å². The van der Waals surface area contributed by atoms with E-state index in [2.05, 4.69) is 10.5 Å². The molecule has 0 aliphatic carbocycles. The van der Waals surface area contributed by atoms with Crippen LogP contribution in [0, 0.1) is 0 Å². The summed E-state index contributed by atoms with van der Waals surface area (Å²) in [4.78, 5) is 18.4. The predicted octanol–water partition coefficient (Wildman–Crippen LogP) is -0.378. The molecule has 5 nitrogen and oxygen atoms in total. The Morgan fingerprint density at radius 2 is 1.67 bits per heavy atom. The number of nitrogens with zero attached hydrogens (tertiary/aromatic N) is 1. The van der Waals surface area contributed by atoms with Crippen LogP contribution in [0.2, 0.25) is 0 Å². The van der Waals surface area contributed by atoms with Crippen LogP contribution in [-0.2, 0) is 4.57 Å². The Morgan fingerprint density at radius 1 is 1.56 bits per heavy atom. The third-order valence-corrected chi connectivity index (χ3v) is 0.344. The Hall–Kier alpha value is -0.480. The van der Waals surface area contributed by atoms with Gasteiger partial charge < -0.3 is 9.79 Å². The van der Waals surface area contributed by atoms with Crippen LogP contribution in [0.3, 0.4) is 0 Å². The van der Waals surface area contributed by atoms with Crippen molar-refractivity contribution in [1.82, 2.24) is 0 Å².